The molecule has 1 N–H and O–H groups in total. The number of hydrogen-bond acceptors (Lipinski definition) is 4. The predicted octanol–water partition coefficient (Wildman–Crippen LogP) is 1.97. The predicted molar refractivity (Wildman–Crippen MR) is 93.6 cm³/mol. The topological polar surface area (TPSA) is 72.5 Å². The summed E-state index contributed by atoms with van der Waals surface area (Å²) in [6, 6.07) is 16.2. The second kappa shape index (κ2) is 8.49. The molecule has 6 heteroatoms. The fourth-order valence-electron chi connectivity index (χ4n) is 2.24. The molecule has 1 amide bonds. The smallest absolute Gasteiger partial charge is 0.224 e. The summed E-state index contributed by atoms with van der Waals surface area (Å²) in [5.74, 6) is 0.444. The van der Waals surface area contributed by atoms with Gasteiger partial charge in [0.1, 0.15) is 5.75 Å². The molecular formula is C18H21NO4S. The van der Waals surface area contributed by atoms with Gasteiger partial charge < -0.3 is 10.1 Å². The van der Waals surface area contributed by atoms with Gasteiger partial charge in [-0.25, -0.2) is 8.42 Å². The zero-order valence-corrected chi connectivity index (χ0v) is 14.4. The first kappa shape index (κ1) is 18.0. The molecule has 0 aliphatic heterocycles. The third-order valence-electron chi connectivity index (χ3n) is 3.49. The van der Waals surface area contributed by atoms with Crippen LogP contribution in [0.2, 0.25) is 0 Å². The number of methoxy groups -OCH3 is 1. The van der Waals surface area contributed by atoms with Gasteiger partial charge >= 0.3 is 0 Å². The van der Waals surface area contributed by atoms with Crippen molar-refractivity contribution in [2.24, 2.45) is 0 Å². The van der Waals surface area contributed by atoms with Gasteiger partial charge in [0.05, 0.1) is 25.0 Å². The molecule has 128 valence electrons. The monoisotopic (exact) mass is 347 g/mol. The van der Waals surface area contributed by atoms with Gasteiger partial charge in [0.25, 0.3) is 0 Å². The Kier molecular flexibility index (Phi) is 6.37. The molecule has 0 saturated carbocycles. The molecule has 0 bridgehead atoms. The summed E-state index contributed by atoms with van der Waals surface area (Å²) in [4.78, 5) is 11.9. The van der Waals surface area contributed by atoms with Gasteiger partial charge in [-0.15, -0.1) is 0 Å². The Labute approximate surface area is 142 Å². The Morgan fingerprint density at radius 1 is 1.00 bits per heavy atom. The SMILES string of the molecule is COc1ccc(CC(=O)NCCS(=O)(=O)Cc2ccccc2)cc1. The van der Waals surface area contributed by atoms with Crippen LogP contribution in [0.25, 0.3) is 0 Å². The second-order valence-corrected chi connectivity index (χ2v) is 7.64. The average molecular weight is 347 g/mol. The van der Waals surface area contributed by atoms with E-state index in [0.29, 0.717) is 0 Å². The summed E-state index contributed by atoms with van der Waals surface area (Å²) in [6.07, 6.45) is 0.211. The van der Waals surface area contributed by atoms with Crippen molar-refractivity contribution in [1.82, 2.24) is 5.32 Å². The van der Waals surface area contributed by atoms with Crippen LogP contribution in [0.1, 0.15) is 11.1 Å². The van der Waals surface area contributed by atoms with Gasteiger partial charge in [-0.3, -0.25) is 4.79 Å². The van der Waals surface area contributed by atoms with E-state index in [4.69, 9.17) is 4.74 Å². The lowest BCUT2D eigenvalue weighted by molar-refractivity contribution is -0.120. The number of amides is 1. The first-order chi connectivity index (χ1) is 11.5. The normalized spacial score (nSPS) is 11.0. The molecule has 0 spiro atoms. The van der Waals surface area contributed by atoms with Crippen LogP contribution in [0.15, 0.2) is 54.6 Å². The molecule has 0 aliphatic carbocycles. The zero-order valence-electron chi connectivity index (χ0n) is 13.6. The van der Waals surface area contributed by atoms with Crippen molar-refractivity contribution < 1.29 is 17.9 Å². The molecule has 0 aromatic heterocycles. The Bertz CT molecular complexity index is 755. The van der Waals surface area contributed by atoms with E-state index in [1.54, 1.807) is 31.4 Å². The molecule has 2 aromatic carbocycles. The van der Waals surface area contributed by atoms with E-state index in [0.717, 1.165) is 16.9 Å². The van der Waals surface area contributed by atoms with Crippen LogP contribution in [0.5, 0.6) is 5.75 Å². The van der Waals surface area contributed by atoms with Crippen LogP contribution >= 0.6 is 0 Å². The molecule has 0 unspecified atom stereocenters. The first-order valence-electron chi connectivity index (χ1n) is 7.62. The highest BCUT2D eigenvalue weighted by Gasteiger charge is 2.12. The number of carbonyl (C=O) groups is 1. The second-order valence-electron chi connectivity index (χ2n) is 5.45. The third-order valence-corrected chi connectivity index (χ3v) is 5.09. The van der Waals surface area contributed by atoms with Gasteiger partial charge in [-0.1, -0.05) is 42.5 Å². The molecule has 0 radical (unpaired) electrons. The van der Waals surface area contributed by atoms with E-state index < -0.39 is 9.84 Å². The fourth-order valence-corrected chi connectivity index (χ4v) is 3.50. The van der Waals surface area contributed by atoms with Crippen molar-refractivity contribution in [2.75, 3.05) is 19.4 Å². The Balaban J connectivity index is 1.77. The highest BCUT2D eigenvalue weighted by molar-refractivity contribution is 7.90. The lowest BCUT2D eigenvalue weighted by Crippen LogP contribution is -2.30. The largest absolute Gasteiger partial charge is 0.497 e. The summed E-state index contributed by atoms with van der Waals surface area (Å²) in [5.41, 5.74) is 1.60. The Morgan fingerprint density at radius 2 is 1.67 bits per heavy atom. The minimum Gasteiger partial charge on any atom is -0.497 e. The molecule has 2 rings (SSSR count). The van der Waals surface area contributed by atoms with Gasteiger partial charge in [-0.2, -0.15) is 0 Å². The molecule has 0 fully saturated rings. The maximum absolute atomic E-state index is 12.0. The van der Waals surface area contributed by atoms with Gasteiger partial charge in [0.2, 0.25) is 5.91 Å². The van der Waals surface area contributed by atoms with Crippen molar-refractivity contribution in [2.45, 2.75) is 12.2 Å². The van der Waals surface area contributed by atoms with E-state index in [1.807, 2.05) is 30.3 Å². The molecule has 0 heterocycles. The van der Waals surface area contributed by atoms with E-state index in [1.165, 1.54) is 0 Å². The standard InChI is InChI=1S/C18H21NO4S/c1-23-17-9-7-15(8-10-17)13-18(20)19-11-12-24(21,22)14-16-5-3-2-4-6-16/h2-10H,11-14H2,1H3,(H,19,20). The quantitative estimate of drug-likeness (QED) is 0.792. The van der Waals surface area contributed by atoms with E-state index in [-0.39, 0.29) is 30.4 Å². The summed E-state index contributed by atoms with van der Waals surface area (Å²) < 4.78 is 29.1. The van der Waals surface area contributed by atoms with Crippen LogP contribution in [0, 0.1) is 0 Å². The lowest BCUT2D eigenvalue weighted by Gasteiger charge is -2.07. The fraction of sp³-hybridized carbons (Fsp3) is 0.278. The van der Waals surface area contributed by atoms with Crippen molar-refractivity contribution >= 4 is 15.7 Å². The molecule has 0 atom stereocenters. The van der Waals surface area contributed by atoms with Gasteiger partial charge in [0, 0.05) is 6.54 Å². The molecule has 2 aromatic rings. The summed E-state index contributed by atoms with van der Waals surface area (Å²) in [7, 11) is -1.66. The maximum atomic E-state index is 12.0. The van der Waals surface area contributed by atoms with Crippen molar-refractivity contribution in [1.29, 1.82) is 0 Å². The number of rotatable bonds is 8. The number of ether oxygens (including phenoxy) is 1. The number of benzene rings is 2. The minimum absolute atomic E-state index is 0.0117. The molecular weight excluding hydrogens is 326 g/mol. The van der Waals surface area contributed by atoms with Crippen LogP contribution < -0.4 is 10.1 Å². The number of nitrogens with one attached hydrogen (secondary N) is 1. The molecule has 0 saturated heterocycles. The maximum Gasteiger partial charge on any atom is 0.224 e. The summed E-state index contributed by atoms with van der Waals surface area (Å²) in [5, 5.41) is 2.65. The highest BCUT2D eigenvalue weighted by atomic mass is 32.2. The Morgan fingerprint density at radius 3 is 2.29 bits per heavy atom. The van der Waals surface area contributed by atoms with Crippen molar-refractivity contribution in [3.05, 3.63) is 65.7 Å². The highest BCUT2D eigenvalue weighted by Crippen LogP contribution is 2.11. The number of hydrogen-bond donors (Lipinski definition) is 1. The van der Waals surface area contributed by atoms with E-state index in [2.05, 4.69) is 5.32 Å². The van der Waals surface area contributed by atoms with Crippen LogP contribution in [-0.4, -0.2) is 33.7 Å². The van der Waals surface area contributed by atoms with Crippen LogP contribution in [-0.2, 0) is 26.8 Å². The van der Waals surface area contributed by atoms with Crippen LogP contribution in [0.3, 0.4) is 0 Å². The summed E-state index contributed by atoms with van der Waals surface area (Å²) in [6.45, 7) is 0.115. The molecule has 5 nitrogen and oxygen atoms in total. The van der Waals surface area contributed by atoms with Crippen LogP contribution in [0.4, 0.5) is 0 Å². The minimum atomic E-state index is -3.24. The lowest BCUT2D eigenvalue weighted by atomic mass is 10.1. The Hall–Kier alpha value is -2.34. The first-order valence-corrected chi connectivity index (χ1v) is 9.44. The zero-order chi connectivity index (χ0) is 17.4. The molecule has 24 heavy (non-hydrogen) atoms. The number of carbonyl (C=O) groups excluding carboxylic acids is 1. The average Bonchev–Trinajstić information content (AvgIpc) is 2.56. The van der Waals surface area contributed by atoms with E-state index in [9.17, 15) is 13.2 Å². The van der Waals surface area contributed by atoms with Crippen molar-refractivity contribution in [3.63, 3.8) is 0 Å². The third kappa shape index (κ3) is 6.04. The van der Waals surface area contributed by atoms with E-state index >= 15 is 0 Å². The number of sulfone groups is 1. The summed E-state index contributed by atoms with van der Waals surface area (Å²) >= 11 is 0. The van der Waals surface area contributed by atoms with Gasteiger partial charge in [-0.05, 0) is 23.3 Å². The van der Waals surface area contributed by atoms with Gasteiger partial charge in [0.15, 0.2) is 9.84 Å². The molecule has 0 aliphatic rings. The van der Waals surface area contributed by atoms with Crippen molar-refractivity contribution in [3.8, 4) is 5.75 Å².